The molecule has 2 aromatic carbocycles. The van der Waals surface area contributed by atoms with Gasteiger partial charge < -0.3 is 10.6 Å². The summed E-state index contributed by atoms with van der Waals surface area (Å²) in [6.07, 6.45) is 1.81. The molecule has 3 aromatic rings. The number of likely N-dealkylation sites (tertiary alicyclic amines) is 1. The minimum absolute atomic E-state index is 0.00127. The van der Waals surface area contributed by atoms with E-state index in [2.05, 4.69) is 4.98 Å². The third-order valence-corrected chi connectivity index (χ3v) is 5.13. The van der Waals surface area contributed by atoms with E-state index in [4.69, 9.17) is 5.73 Å². The molecule has 0 unspecified atom stereocenters. The lowest BCUT2D eigenvalue weighted by Gasteiger charge is -2.31. The molecule has 2 heterocycles. The molecule has 1 fully saturated rings. The normalized spacial score (nSPS) is 17.1. The van der Waals surface area contributed by atoms with E-state index in [1.807, 2.05) is 6.07 Å². The molecular weight excluding hydrogens is 360 g/mol. The SMILES string of the molecule is Cc1cc(-c2cccc(C(=O)N3CCC[C@H](N)C3)c2)c2cc(F)cc(F)c2n1. The topological polar surface area (TPSA) is 59.2 Å². The van der Waals surface area contributed by atoms with Crippen molar-refractivity contribution in [1.29, 1.82) is 0 Å². The molecule has 4 rings (SSSR count). The number of pyridine rings is 1. The monoisotopic (exact) mass is 381 g/mol. The number of nitrogens with two attached hydrogens (primary N) is 1. The third-order valence-electron chi connectivity index (χ3n) is 5.13. The van der Waals surface area contributed by atoms with Crippen molar-refractivity contribution in [1.82, 2.24) is 9.88 Å². The molecular formula is C22H21F2N3O. The Kier molecular flexibility index (Phi) is 4.81. The number of carbonyl (C=O) groups excluding carboxylic acids is 1. The van der Waals surface area contributed by atoms with Crippen LogP contribution in [0.2, 0.25) is 0 Å². The maximum absolute atomic E-state index is 14.2. The summed E-state index contributed by atoms with van der Waals surface area (Å²) in [5.41, 5.74) is 8.63. The number of rotatable bonds is 2. The molecule has 0 bridgehead atoms. The second kappa shape index (κ2) is 7.28. The number of hydrogen-bond acceptors (Lipinski definition) is 3. The molecule has 4 nitrogen and oxygen atoms in total. The number of aryl methyl sites for hydroxylation is 1. The fourth-order valence-corrected chi connectivity index (χ4v) is 3.82. The molecule has 1 saturated heterocycles. The van der Waals surface area contributed by atoms with Crippen molar-refractivity contribution in [3.8, 4) is 11.1 Å². The van der Waals surface area contributed by atoms with Crippen molar-refractivity contribution < 1.29 is 13.6 Å². The Morgan fingerprint density at radius 2 is 2.04 bits per heavy atom. The summed E-state index contributed by atoms with van der Waals surface area (Å²) in [5, 5.41) is 0.382. The molecule has 6 heteroatoms. The van der Waals surface area contributed by atoms with Crippen LogP contribution in [0, 0.1) is 18.6 Å². The van der Waals surface area contributed by atoms with E-state index in [1.165, 1.54) is 6.07 Å². The Labute approximate surface area is 162 Å². The lowest BCUT2D eigenvalue weighted by atomic mass is 9.97. The highest BCUT2D eigenvalue weighted by Gasteiger charge is 2.22. The summed E-state index contributed by atoms with van der Waals surface area (Å²) < 4.78 is 28.1. The minimum Gasteiger partial charge on any atom is -0.337 e. The highest BCUT2D eigenvalue weighted by Crippen LogP contribution is 2.31. The van der Waals surface area contributed by atoms with Gasteiger partial charge in [-0.1, -0.05) is 12.1 Å². The summed E-state index contributed by atoms with van der Waals surface area (Å²) in [6.45, 7) is 2.98. The van der Waals surface area contributed by atoms with Gasteiger partial charge >= 0.3 is 0 Å². The molecule has 0 saturated carbocycles. The lowest BCUT2D eigenvalue weighted by Crippen LogP contribution is -2.45. The number of fused-ring (bicyclic) bond motifs is 1. The summed E-state index contributed by atoms with van der Waals surface area (Å²) in [6, 6.07) is 11.0. The van der Waals surface area contributed by atoms with Gasteiger partial charge in [-0.05, 0) is 55.2 Å². The number of carbonyl (C=O) groups is 1. The van der Waals surface area contributed by atoms with E-state index >= 15 is 0 Å². The van der Waals surface area contributed by atoms with Crippen molar-refractivity contribution in [2.45, 2.75) is 25.8 Å². The van der Waals surface area contributed by atoms with Crippen LogP contribution in [-0.4, -0.2) is 34.9 Å². The van der Waals surface area contributed by atoms with Gasteiger partial charge in [0.05, 0.1) is 0 Å². The fourth-order valence-electron chi connectivity index (χ4n) is 3.82. The first-order valence-corrected chi connectivity index (χ1v) is 9.34. The Bertz CT molecular complexity index is 1070. The number of hydrogen-bond donors (Lipinski definition) is 1. The van der Waals surface area contributed by atoms with E-state index in [1.54, 1.807) is 36.1 Å². The molecule has 1 amide bonds. The molecule has 0 aliphatic carbocycles. The van der Waals surface area contributed by atoms with E-state index < -0.39 is 11.6 Å². The summed E-state index contributed by atoms with van der Waals surface area (Å²) in [4.78, 5) is 18.9. The minimum atomic E-state index is -0.700. The molecule has 1 atom stereocenters. The number of benzene rings is 2. The van der Waals surface area contributed by atoms with Gasteiger partial charge in [-0.25, -0.2) is 13.8 Å². The lowest BCUT2D eigenvalue weighted by molar-refractivity contribution is 0.0709. The Hall–Kier alpha value is -2.86. The average molecular weight is 381 g/mol. The molecule has 1 aliphatic heterocycles. The van der Waals surface area contributed by atoms with Gasteiger partial charge in [0.25, 0.3) is 5.91 Å². The summed E-state index contributed by atoms with van der Waals surface area (Å²) in [5.74, 6) is -1.44. The van der Waals surface area contributed by atoms with Crippen LogP contribution in [0.25, 0.3) is 22.0 Å². The quantitative estimate of drug-likeness (QED) is 0.729. The van der Waals surface area contributed by atoms with Gasteiger partial charge in [0, 0.05) is 41.8 Å². The predicted molar refractivity (Wildman–Crippen MR) is 105 cm³/mol. The van der Waals surface area contributed by atoms with Crippen molar-refractivity contribution in [3.63, 3.8) is 0 Å². The first-order chi connectivity index (χ1) is 13.4. The summed E-state index contributed by atoms with van der Waals surface area (Å²) in [7, 11) is 0. The zero-order valence-corrected chi connectivity index (χ0v) is 15.6. The van der Waals surface area contributed by atoms with Crippen LogP contribution < -0.4 is 5.73 Å². The predicted octanol–water partition coefficient (Wildman–Crippen LogP) is 4.05. The second-order valence-electron chi connectivity index (χ2n) is 7.33. The number of nitrogens with zero attached hydrogens (tertiary/aromatic N) is 2. The highest BCUT2D eigenvalue weighted by atomic mass is 19.1. The van der Waals surface area contributed by atoms with Crippen LogP contribution >= 0.6 is 0 Å². The number of aromatic nitrogens is 1. The van der Waals surface area contributed by atoms with Gasteiger partial charge in [-0.2, -0.15) is 0 Å². The largest absolute Gasteiger partial charge is 0.337 e. The molecule has 0 spiro atoms. The van der Waals surface area contributed by atoms with Crippen molar-refractivity contribution in [2.24, 2.45) is 5.73 Å². The Balaban J connectivity index is 1.79. The molecule has 1 aliphatic rings. The van der Waals surface area contributed by atoms with Crippen LogP contribution in [0.3, 0.4) is 0 Å². The zero-order chi connectivity index (χ0) is 19.8. The van der Waals surface area contributed by atoms with Crippen LogP contribution in [0.1, 0.15) is 28.9 Å². The van der Waals surface area contributed by atoms with Gasteiger partial charge in [-0.3, -0.25) is 4.79 Å². The third kappa shape index (κ3) is 3.47. The first-order valence-electron chi connectivity index (χ1n) is 9.34. The van der Waals surface area contributed by atoms with Crippen LogP contribution in [0.4, 0.5) is 8.78 Å². The Morgan fingerprint density at radius 3 is 2.82 bits per heavy atom. The zero-order valence-electron chi connectivity index (χ0n) is 15.6. The van der Waals surface area contributed by atoms with Crippen LogP contribution in [-0.2, 0) is 0 Å². The molecule has 28 heavy (non-hydrogen) atoms. The maximum Gasteiger partial charge on any atom is 0.253 e. The molecule has 1 aromatic heterocycles. The number of piperidine rings is 1. The van der Waals surface area contributed by atoms with Crippen LogP contribution in [0.5, 0.6) is 0 Å². The van der Waals surface area contributed by atoms with Crippen LogP contribution in [0.15, 0.2) is 42.5 Å². The maximum atomic E-state index is 14.2. The van der Waals surface area contributed by atoms with Crippen molar-refractivity contribution >= 4 is 16.8 Å². The summed E-state index contributed by atoms with van der Waals surface area (Å²) >= 11 is 0. The van der Waals surface area contributed by atoms with Crippen molar-refractivity contribution in [2.75, 3.05) is 13.1 Å². The Morgan fingerprint density at radius 1 is 1.21 bits per heavy atom. The number of halogens is 2. The second-order valence-corrected chi connectivity index (χ2v) is 7.33. The molecule has 0 radical (unpaired) electrons. The first kappa shape index (κ1) is 18.5. The van der Waals surface area contributed by atoms with Crippen molar-refractivity contribution in [3.05, 3.63) is 65.4 Å². The molecule has 2 N–H and O–H groups in total. The van der Waals surface area contributed by atoms with E-state index in [-0.39, 0.29) is 17.5 Å². The smallest absolute Gasteiger partial charge is 0.253 e. The van der Waals surface area contributed by atoms with Gasteiger partial charge in [-0.15, -0.1) is 0 Å². The average Bonchev–Trinajstić information content (AvgIpc) is 2.67. The van der Waals surface area contributed by atoms with Gasteiger partial charge in [0.2, 0.25) is 0 Å². The number of amides is 1. The van der Waals surface area contributed by atoms with E-state index in [9.17, 15) is 13.6 Å². The van der Waals surface area contributed by atoms with Gasteiger partial charge in [0.15, 0.2) is 5.82 Å². The van der Waals surface area contributed by atoms with E-state index in [0.717, 1.165) is 18.9 Å². The highest BCUT2D eigenvalue weighted by molar-refractivity contribution is 5.99. The standard InChI is InChI=1S/C22H21F2N3O/c1-13-8-18(19-10-16(23)11-20(24)21(19)26-13)14-4-2-5-15(9-14)22(28)27-7-3-6-17(25)12-27/h2,4-5,8-11,17H,3,6-7,12,25H2,1H3/t17-/m0/s1. The molecule has 144 valence electrons. The fraction of sp³-hybridized carbons (Fsp3) is 0.273. The van der Waals surface area contributed by atoms with E-state index in [0.29, 0.717) is 40.9 Å². The van der Waals surface area contributed by atoms with Gasteiger partial charge in [0.1, 0.15) is 11.3 Å².